The molecule has 2 N–H and O–H groups in total. The van der Waals surface area contributed by atoms with Crippen molar-refractivity contribution in [3.8, 4) is 0 Å². The summed E-state index contributed by atoms with van der Waals surface area (Å²) in [7, 11) is 0. The molecule has 0 amide bonds. The smallest absolute Gasteiger partial charge is 0.0926 e. The maximum absolute atomic E-state index is 6.08. The van der Waals surface area contributed by atoms with Gasteiger partial charge in [0, 0.05) is 30.7 Å². The fraction of sp³-hybridized carbons (Fsp3) is 0.400. The van der Waals surface area contributed by atoms with Gasteiger partial charge < -0.3 is 5.73 Å². The molecule has 2 heterocycles. The van der Waals surface area contributed by atoms with Crippen molar-refractivity contribution < 1.29 is 0 Å². The van der Waals surface area contributed by atoms with Crippen LogP contribution in [0, 0.1) is 0 Å². The second-order valence-electron chi connectivity index (χ2n) is 5.03. The molecule has 2 aromatic rings. The Kier molecular flexibility index (Phi) is 3.53. The van der Waals surface area contributed by atoms with Crippen LogP contribution >= 0.6 is 11.3 Å². The number of nitrogens with two attached hydrogens (primary N) is 1. The van der Waals surface area contributed by atoms with Crippen molar-refractivity contribution in [3.63, 3.8) is 0 Å². The van der Waals surface area contributed by atoms with Gasteiger partial charge >= 0.3 is 0 Å². The lowest BCUT2D eigenvalue weighted by molar-refractivity contribution is 0.243. The molecule has 0 saturated carbocycles. The van der Waals surface area contributed by atoms with Gasteiger partial charge in [0.2, 0.25) is 0 Å². The number of anilines is 1. The highest BCUT2D eigenvalue weighted by Gasteiger charge is 2.18. The van der Waals surface area contributed by atoms with Gasteiger partial charge in [0.15, 0.2) is 0 Å². The Morgan fingerprint density at radius 3 is 3.11 bits per heavy atom. The van der Waals surface area contributed by atoms with Crippen LogP contribution in [0.2, 0.25) is 0 Å². The number of thiazole rings is 1. The minimum absolute atomic E-state index is 0.926. The van der Waals surface area contributed by atoms with E-state index in [1.54, 1.807) is 11.3 Å². The van der Waals surface area contributed by atoms with Gasteiger partial charge in [-0.2, -0.15) is 0 Å². The van der Waals surface area contributed by atoms with Crippen molar-refractivity contribution >= 4 is 17.0 Å². The summed E-state index contributed by atoms with van der Waals surface area (Å²) in [6.07, 6.45) is 2.12. The molecule has 0 fully saturated rings. The van der Waals surface area contributed by atoms with E-state index in [0.29, 0.717) is 0 Å². The third-order valence-electron chi connectivity index (χ3n) is 3.68. The Bertz CT molecular complexity index is 577. The predicted octanol–water partition coefficient (Wildman–Crippen LogP) is 2.85. The van der Waals surface area contributed by atoms with E-state index >= 15 is 0 Å². The lowest BCUT2D eigenvalue weighted by Gasteiger charge is -2.29. The average Bonchev–Trinajstić information content (AvgIpc) is 2.87. The molecule has 4 heteroatoms. The summed E-state index contributed by atoms with van der Waals surface area (Å²) in [5.41, 5.74) is 10.9. The van der Waals surface area contributed by atoms with Gasteiger partial charge in [-0.1, -0.05) is 19.1 Å². The van der Waals surface area contributed by atoms with E-state index in [0.717, 1.165) is 38.2 Å². The Hall–Kier alpha value is -1.39. The van der Waals surface area contributed by atoms with E-state index < -0.39 is 0 Å². The molecule has 0 atom stereocenters. The first-order chi connectivity index (χ1) is 9.26. The molecule has 1 aromatic carbocycles. The molecule has 0 spiro atoms. The zero-order chi connectivity index (χ0) is 13.2. The molecule has 0 aliphatic carbocycles. The van der Waals surface area contributed by atoms with Crippen LogP contribution in [-0.4, -0.2) is 16.4 Å². The van der Waals surface area contributed by atoms with E-state index in [-0.39, 0.29) is 0 Å². The maximum atomic E-state index is 6.08. The van der Waals surface area contributed by atoms with E-state index in [9.17, 15) is 0 Å². The number of hydrogen-bond donors (Lipinski definition) is 1. The van der Waals surface area contributed by atoms with E-state index in [2.05, 4.69) is 34.3 Å². The second kappa shape index (κ2) is 5.31. The van der Waals surface area contributed by atoms with Crippen molar-refractivity contribution in [2.45, 2.75) is 32.9 Å². The third kappa shape index (κ3) is 2.65. The highest BCUT2D eigenvalue weighted by molar-refractivity contribution is 7.09. The number of aryl methyl sites for hydroxylation is 1. The molecule has 1 aliphatic heterocycles. The minimum Gasteiger partial charge on any atom is -0.398 e. The van der Waals surface area contributed by atoms with Crippen LogP contribution in [0.1, 0.15) is 28.8 Å². The number of hydrogen-bond acceptors (Lipinski definition) is 4. The fourth-order valence-corrected chi connectivity index (χ4v) is 3.35. The maximum Gasteiger partial charge on any atom is 0.0926 e. The Labute approximate surface area is 118 Å². The van der Waals surface area contributed by atoms with Gasteiger partial charge in [0.25, 0.3) is 0 Å². The van der Waals surface area contributed by atoms with Gasteiger partial charge in [-0.05, 0) is 30.0 Å². The molecule has 0 saturated heterocycles. The SMILES string of the molecule is CCc1nc(CN2CCc3cccc(N)c3C2)cs1. The number of fused-ring (bicyclic) bond motifs is 1. The molecule has 0 radical (unpaired) electrons. The lowest BCUT2D eigenvalue weighted by atomic mass is 9.98. The minimum atomic E-state index is 0.926. The molecule has 1 aliphatic rings. The third-order valence-corrected chi connectivity index (χ3v) is 4.72. The monoisotopic (exact) mass is 273 g/mol. The van der Waals surface area contributed by atoms with Gasteiger partial charge in [-0.3, -0.25) is 4.90 Å². The summed E-state index contributed by atoms with van der Waals surface area (Å²) in [6.45, 7) is 5.13. The molecule has 3 rings (SSSR count). The summed E-state index contributed by atoms with van der Waals surface area (Å²) >= 11 is 1.76. The van der Waals surface area contributed by atoms with Crippen molar-refractivity contribution in [3.05, 3.63) is 45.4 Å². The van der Waals surface area contributed by atoms with Crippen molar-refractivity contribution in [2.24, 2.45) is 0 Å². The van der Waals surface area contributed by atoms with Crippen molar-refractivity contribution in [1.82, 2.24) is 9.88 Å². The summed E-state index contributed by atoms with van der Waals surface area (Å²) in [4.78, 5) is 7.08. The molecule has 3 nitrogen and oxygen atoms in total. The number of nitrogens with zero attached hydrogens (tertiary/aromatic N) is 2. The second-order valence-corrected chi connectivity index (χ2v) is 5.97. The van der Waals surface area contributed by atoms with Crippen LogP contribution in [-0.2, 0) is 25.9 Å². The quantitative estimate of drug-likeness (QED) is 0.874. The number of benzene rings is 1. The standard InChI is InChI=1S/C15H19N3S/c1-2-15-17-12(10-19-15)8-18-7-6-11-4-3-5-14(16)13(11)9-18/h3-5,10H,2,6-9,16H2,1H3. The average molecular weight is 273 g/mol. The predicted molar refractivity (Wildman–Crippen MR) is 80.2 cm³/mol. The first-order valence-corrected chi connectivity index (χ1v) is 7.66. The van der Waals surface area contributed by atoms with Crippen LogP contribution in [0.3, 0.4) is 0 Å². The molecule has 1 aromatic heterocycles. The van der Waals surface area contributed by atoms with E-state index in [4.69, 9.17) is 5.73 Å². The molecule has 19 heavy (non-hydrogen) atoms. The lowest BCUT2D eigenvalue weighted by Crippen LogP contribution is -2.30. The van der Waals surface area contributed by atoms with Gasteiger partial charge in [0.05, 0.1) is 10.7 Å². The van der Waals surface area contributed by atoms with E-state index in [1.165, 1.54) is 21.8 Å². The molecule has 100 valence electrons. The number of rotatable bonds is 3. The summed E-state index contributed by atoms with van der Waals surface area (Å²) in [5.74, 6) is 0. The number of nitrogen functional groups attached to an aromatic ring is 1. The highest BCUT2D eigenvalue weighted by Crippen LogP contribution is 2.25. The van der Waals surface area contributed by atoms with Crippen molar-refractivity contribution in [2.75, 3.05) is 12.3 Å². The van der Waals surface area contributed by atoms with Gasteiger partial charge in [0.1, 0.15) is 0 Å². The zero-order valence-electron chi connectivity index (χ0n) is 11.2. The zero-order valence-corrected chi connectivity index (χ0v) is 12.0. The Morgan fingerprint density at radius 1 is 1.42 bits per heavy atom. The van der Waals surface area contributed by atoms with E-state index in [1.807, 2.05) is 6.07 Å². The van der Waals surface area contributed by atoms with Crippen LogP contribution < -0.4 is 5.73 Å². The first kappa shape index (κ1) is 12.6. The van der Waals surface area contributed by atoms with Crippen LogP contribution in [0.4, 0.5) is 5.69 Å². The summed E-state index contributed by atoms with van der Waals surface area (Å²) in [6, 6.07) is 6.25. The molecular formula is C15H19N3S. The Morgan fingerprint density at radius 2 is 2.32 bits per heavy atom. The largest absolute Gasteiger partial charge is 0.398 e. The molecule has 0 unspecified atom stereocenters. The van der Waals surface area contributed by atoms with Gasteiger partial charge in [-0.15, -0.1) is 11.3 Å². The highest BCUT2D eigenvalue weighted by atomic mass is 32.1. The summed E-state index contributed by atoms with van der Waals surface area (Å²) < 4.78 is 0. The number of aromatic nitrogens is 1. The van der Waals surface area contributed by atoms with Crippen LogP contribution in [0.5, 0.6) is 0 Å². The molecular weight excluding hydrogens is 254 g/mol. The first-order valence-electron chi connectivity index (χ1n) is 6.78. The van der Waals surface area contributed by atoms with Crippen molar-refractivity contribution in [1.29, 1.82) is 0 Å². The fourth-order valence-electron chi connectivity index (χ4n) is 2.61. The van der Waals surface area contributed by atoms with Crippen LogP contribution in [0.15, 0.2) is 23.6 Å². The topological polar surface area (TPSA) is 42.2 Å². The molecule has 0 bridgehead atoms. The Balaban J connectivity index is 1.73. The van der Waals surface area contributed by atoms with Crippen LogP contribution in [0.25, 0.3) is 0 Å². The summed E-state index contributed by atoms with van der Waals surface area (Å²) in [5, 5.41) is 3.41. The normalized spacial score (nSPS) is 15.4. The van der Waals surface area contributed by atoms with Gasteiger partial charge in [-0.25, -0.2) is 4.98 Å².